The van der Waals surface area contributed by atoms with Crippen molar-refractivity contribution in [2.75, 3.05) is 26.0 Å². The third kappa shape index (κ3) is 4.49. The second-order valence-corrected chi connectivity index (χ2v) is 8.98. The Labute approximate surface area is 160 Å². The van der Waals surface area contributed by atoms with Crippen LogP contribution in [0.2, 0.25) is 0 Å². The van der Waals surface area contributed by atoms with Crippen LogP contribution >= 0.6 is 0 Å². The van der Waals surface area contributed by atoms with Crippen molar-refractivity contribution >= 4 is 21.6 Å². The van der Waals surface area contributed by atoms with Gasteiger partial charge in [0.25, 0.3) is 0 Å². The molecule has 3 rings (SSSR count). The van der Waals surface area contributed by atoms with Gasteiger partial charge in [0, 0.05) is 17.6 Å². The molecule has 1 aromatic rings. The number of nitrogens with one attached hydrogen (secondary N) is 2. The van der Waals surface area contributed by atoms with Crippen LogP contribution in [0.1, 0.15) is 35.1 Å². The molecule has 0 radical (unpaired) electrons. The summed E-state index contributed by atoms with van der Waals surface area (Å²) in [6.45, 7) is 0.529. The number of anilines is 1. The molecule has 0 aromatic heterocycles. The summed E-state index contributed by atoms with van der Waals surface area (Å²) in [4.78, 5) is 14.5. The number of likely N-dealkylation sites (N-methyl/N-ethyl adjacent to an activating group) is 1. The van der Waals surface area contributed by atoms with E-state index in [4.69, 9.17) is 5.26 Å². The SMILES string of the molecule is CN(C)C/C=C/S(=O)(=NC#N)NC(=O)Nc1c2c(cc3c1CCC3)CCC2. The second kappa shape index (κ2) is 8.11. The van der Waals surface area contributed by atoms with Gasteiger partial charge in [-0.25, -0.2) is 13.7 Å². The van der Waals surface area contributed by atoms with Gasteiger partial charge in [-0.1, -0.05) is 16.5 Å². The number of benzene rings is 1. The van der Waals surface area contributed by atoms with Crippen LogP contribution in [0.5, 0.6) is 0 Å². The Morgan fingerprint density at radius 1 is 1.26 bits per heavy atom. The first kappa shape index (κ1) is 19.4. The van der Waals surface area contributed by atoms with E-state index in [-0.39, 0.29) is 0 Å². The molecular formula is C19H25N5O2S. The molecule has 0 saturated carbocycles. The van der Waals surface area contributed by atoms with Crippen LogP contribution in [0.3, 0.4) is 0 Å². The molecule has 27 heavy (non-hydrogen) atoms. The van der Waals surface area contributed by atoms with Crippen molar-refractivity contribution in [1.29, 1.82) is 5.26 Å². The maximum atomic E-state index is 12.8. The largest absolute Gasteiger partial charge is 0.331 e. The van der Waals surface area contributed by atoms with Crippen molar-refractivity contribution < 1.29 is 9.00 Å². The smallest absolute Gasteiger partial charge is 0.307 e. The zero-order valence-electron chi connectivity index (χ0n) is 15.7. The monoisotopic (exact) mass is 387 g/mol. The van der Waals surface area contributed by atoms with Gasteiger partial charge >= 0.3 is 6.03 Å². The first-order valence-electron chi connectivity index (χ1n) is 9.13. The van der Waals surface area contributed by atoms with E-state index in [1.807, 2.05) is 19.0 Å². The predicted molar refractivity (Wildman–Crippen MR) is 107 cm³/mol. The summed E-state index contributed by atoms with van der Waals surface area (Å²) in [6.07, 6.45) is 9.29. The van der Waals surface area contributed by atoms with Crippen LogP contribution in [0.4, 0.5) is 10.5 Å². The molecule has 7 nitrogen and oxygen atoms in total. The number of nitriles is 1. The highest BCUT2D eigenvalue weighted by Crippen LogP contribution is 2.38. The number of hydrogen-bond donors (Lipinski definition) is 2. The summed E-state index contributed by atoms with van der Waals surface area (Å²) in [7, 11) is 0.443. The maximum absolute atomic E-state index is 12.8. The molecular weight excluding hydrogens is 362 g/mol. The van der Waals surface area contributed by atoms with Gasteiger partial charge in [-0.3, -0.25) is 0 Å². The van der Waals surface area contributed by atoms with Crippen molar-refractivity contribution in [2.24, 2.45) is 4.36 Å². The molecule has 8 heteroatoms. The molecule has 1 atom stereocenters. The fraction of sp³-hybridized carbons (Fsp3) is 0.474. The van der Waals surface area contributed by atoms with E-state index in [1.165, 1.54) is 27.7 Å². The third-order valence-electron chi connectivity index (χ3n) is 4.88. The van der Waals surface area contributed by atoms with Crippen LogP contribution < -0.4 is 10.0 Å². The lowest BCUT2D eigenvalue weighted by Crippen LogP contribution is -2.33. The molecule has 2 aliphatic carbocycles. The van der Waals surface area contributed by atoms with Gasteiger partial charge in [0.15, 0.2) is 9.92 Å². The van der Waals surface area contributed by atoms with E-state index >= 15 is 0 Å². The van der Waals surface area contributed by atoms with E-state index in [0.29, 0.717) is 6.54 Å². The van der Waals surface area contributed by atoms with Gasteiger partial charge in [0.05, 0.1) is 0 Å². The number of amides is 2. The molecule has 0 aliphatic heterocycles. The topological polar surface area (TPSA) is 97.6 Å². The number of carbonyl (C=O) groups is 1. The molecule has 2 amide bonds. The molecule has 0 heterocycles. The summed E-state index contributed by atoms with van der Waals surface area (Å²) in [5, 5.41) is 13.1. The summed E-state index contributed by atoms with van der Waals surface area (Å²) < 4.78 is 18.6. The zero-order chi connectivity index (χ0) is 19.4. The highest BCUT2D eigenvalue weighted by Gasteiger charge is 2.25. The second-order valence-electron chi connectivity index (χ2n) is 7.18. The van der Waals surface area contributed by atoms with E-state index < -0.39 is 15.9 Å². The quantitative estimate of drug-likeness (QED) is 0.759. The van der Waals surface area contributed by atoms with E-state index in [1.54, 1.807) is 12.3 Å². The van der Waals surface area contributed by atoms with Crippen molar-refractivity contribution in [1.82, 2.24) is 9.62 Å². The summed E-state index contributed by atoms with van der Waals surface area (Å²) in [5.74, 6) is 0. The number of fused-ring (bicyclic) bond motifs is 2. The average molecular weight is 388 g/mol. The molecule has 2 aliphatic rings. The molecule has 144 valence electrons. The van der Waals surface area contributed by atoms with Crippen molar-refractivity contribution in [3.8, 4) is 6.19 Å². The minimum Gasteiger partial charge on any atom is -0.307 e. The lowest BCUT2D eigenvalue weighted by Gasteiger charge is -2.16. The minimum atomic E-state index is -3.29. The fourth-order valence-electron chi connectivity index (χ4n) is 3.77. The first-order valence-corrected chi connectivity index (χ1v) is 10.7. The number of nitrogens with zero attached hydrogens (tertiary/aromatic N) is 3. The molecule has 1 aromatic carbocycles. The van der Waals surface area contributed by atoms with E-state index in [0.717, 1.165) is 44.2 Å². The summed E-state index contributed by atoms with van der Waals surface area (Å²) >= 11 is 0. The van der Waals surface area contributed by atoms with Gasteiger partial charge in [0.2, 0.25) is 6.19 Å². The molecule has 0 fully saturated rings. The number of urea groups is 1. The number of carbonyl (C=O) groups excluding carboxylic acids is 1. The Kier molecular flexibility index (Phi) is 5.82. The van der Waals surface area contributed by atoms with Gasteiger partial charge in [-0.2, -0.15) is 5.26 Å². The maximum Gasteiger partial charge on any atom is 0.331 e. The van der Waals surface area contributed by atoms with Gasteiger partial charge in [-0.05, 0) is 74.9 Å². The Morgan fingerprint density at radius 2 is 1.89 bits per heavy atom. The Hall–Kier alpha value is -2.37. The lowest BCUT2D eigenvalue weighted by atomic mass is 9.99. The predicted octanol–water partition coefficient (Wildman–Crippen LogP) is 2.72. The Bertz CT molecular complexity index is 904. The highest BCUT2D eigenvalue weighted by molar-refractivity contribution is 7.95. The first-order chi connectivity index (χ1) is 12.9. The summed E-state index contributed by atoms with van der Waals surface area (Å²) in [5.41, 5.74) is 5.86. The van der Waals surface area contributed by atoms with Gasteiger partial charge in [0.1, 0.15) is 0 Å². The van der Waals surface area contributed by atoms with Crippen LogP contribution in [-0.4, -0.2) is 35.8 Å². The van der Waals surface area contributed by atoms with Crippen LogP contribution in [0.25, 0.3) is 0 Å². The third-order valence-corrected chi connectivity index (χ3v) is 6.27. The fourth-order valence-corrected chi connectivity index (χ4v) is 4.73. The molecule has 1 unspecified atom stereocenters. The van der Waals surface area contributed by atoms with Gasteiger partial charge < -0.3 is 10.2 Å². The molecule has 0 spiro atoms. The van der Waals surface area contributed by atoms with Crippen molar-refractivity contribution in [3.05, 3.63) is 39.8 Å². The van der Waals surface area contributed by atoms with E-state index in [2.05, 4.69) is 20.5 Å². The Morgan fingerprint density at radius 3 is 2.44 bits per heavy atom. The average Bonchev–Trinajstić information content (AvgIpc) is 3.23. The highest BCUT2D eigenvalue weighted by atomic mass is 32.2. The Balaban J connectivity index is 1.82. The molecule has 0 bridgehead atoms. The summed E-state index contributed by atoms with van der Waals surface area (Å²) in [6, 6.07) is 1.69. The molecule has 0 saturated heterocycles. The van der Waals surface area contributed by atoms with Crippen LogP contribution in [0.15, 0.2) is 21.9 Å². The van der Waals surface area contributed by atoms with Crippen LogP contribution in [0, 0.1) is 11.5 Å². The van der Waals surface area contributed by atoms with Crippen molar-refractivity contribution in [2.45, 2.75) is 38.5 Å². The van der Waals surface area contributed by atoms with Crippen molar-refractivity contribution in [3.63, 3.8) is 0 Å². The standard InChI is InChI=1S/C19H25N5O2S/c1-24(2)10-5-11-27(26,21-13-20)23-19(25)22-18-16-8-3-6-14(16)12-15-7-4-9-17(15)18/h5,11-12H,3-4,6-10H2,1-2H3,(H2,21,22,23,25,26)/b11-5+. The lowest BCUT2D eigenvalue weighted by molar-refractivity contribution is 0.257. The van der Waals surface area contributed by atoms with Gasteiger partial charge in [-0.15, -0.1) is 0 Å². The number of rotatable bonds is 5. The molecule has 2 N–H and O–H groups in total. The normalized spacial score (nSPS) is 17.3. The van der Waals surface area contributed by atoms with Crippen LogP contribution in [-0.2, 0) is 35.6 Å². The van der Waals surface area contributed by atoms with E-state index in [9.17, 15) is 9.00 Å². The zero-order valence-corrected chi connectivity index (χ0v) is 16.6. The number of hydrogen-bond acceptors (Lipinski definition) is 5. The minimum absolute atomic E-state index is 0.529. The number of aryl methyl sites for hydroxylation is 2.